The first-order valence-electron chi connectivity index (χ1n) is 4.23. The van der Waals surface area contributed by atoms with E-state index < -0.39 is 0 Å². The molecule has 0 spiro atoms. The number of rotatable bonds is 5. The van der Waals surface area contributed by atoms with Crippen molar-refractivity contribution in [1.29, 1.82) is 0 Å². The van der Waals surface area contributed by atoms with E-state index in [4.69, 9.17) is 0 Å². The van der Waals surface area contributed by atoms with E-state index in [2.05, 4.69) is 11.8 Å². The SMILES string of the molecule is CCC(CCN(C)C)C(C)=O. The first kappa shape index (κ1) is 10.6. The molecule has 1 unspecified atom stereocenters. The van der Waals surface area contributed by atoms with Gasteiger partial charge in [-0.1, -0.05) is 6.92 Å². The van der Waals surface area contributed by atoms with Crippen molar-refractivity contribution in [3.8, 4) is 0 Å². The monoisotopic (exact) mass is 157 g/mol. The van der Waals surface area contributed by atoms with E-state index in [1.54, 1.807) is 6.92 Å². The molecule has 0 aliphatic carbocycles. The Kier molecular flexibility index (Phi) is 5.12. The zero-order valence-electron chi connectivity index (χ0n) is 8.05. The highest BCUT2D eigenvalue weighted by atomic mass is 16.1. The average molecular weight is 157 g/mol. The summed E-state index contributed by atoms with van der Waals surface area (Å²) in [6.45, 7) is 4.77. The van der Waals surface area contributed by atoms with Gasteiger partial charge in [-0.2, -0.15) is 0 Å². The van der Waals surface area contributed by atoms with Crippen LogP contribution in [0, 0.1) is 5.92 Å². The van der Waals surface area contributed by atoms with Crippen molar-refractivity contribution in [2.45, 2.75) is 26.7 Å². The van der Waals surface area contributed by atoms with E-state index in [0.29, 0.717) is 5.78 Å². The largest absolute Gasteiger partial charge is 0.309 e. The summed E-state index contributed by atoms with van der Waals surface area (Å²) >= 11 is 0. The van der Waals surface area contributed by atoms with Gasteiger partial charge in [-0.25, -0.2) is 0 Å². The first-order valence-corrected chi connectivity index (χ1v) is 4.23. The van der Waals surface area contributed by atoms with Crippen LogP contribution >= 0.6 is 0 Å². The third-order valence-electron chi connectivity index (χ3n) is 1.99. The van der Waals surface area contributed by atoms with E-state index >= 15 is 0 Å². The lowest BCUT2D eigenvalue weighted by Crippen LogP contribution is -2.19. The highest BCUT2D eigenvalue weighted by molar-refractivity contribution is 5.78. The van der Waals surface area contributed by atoms with Gasteiger partial charge in [0.15, 0.2) is 0 Å². The second kappa shape index (κ2) is 5.30. The second-order valence-corrected chi connectivity index (χ2v) is 3.31. The van der Waals surface area contributed by atoms with Crippen molar-refractivity contribution in [3.63, 3.8) is 0 Å². The normalized spacial score (nSPS) is 13.5. The molecule has 0 aromatic rings. The van der Waals surface area contributed by atoms with Gasteiger partial charge >= 0.3 is 0 Å². The molecule has 0 aromatic heterocycles. The van der Waals surface area contributed by atoms with Gasteiger partial charge in [-0.05, 0) is 40.4 Å². The fourth-order valence-electron chi connectivity index (χ4n) is 1.11. The van der Waals surface area contributed by atoms with Crippen molar-refractivity contribution >= 4 is 5.78 Å². The molecule has 2 nitrogen and oxygen atoms in total. The minimum Gasteiger partial charge on any atom is -0.309 e. The summed E-state index contributed by atoms with van der Waals surface area (Å²) in [5.74, 6) is 0.603. The molecule has 0 aliphatic heterocycles. The van der Waals surface area contributed by atoms with Crippen LogP contribution in [0.5, 0.6) is 0 Å². The van der Waals surface area contributed by atoms with E-state index in [1.165, 1.54) is 0 Å². The van der Waals surface area contributed by atoms with Gasteiger partial charge in [0.05, 0.1) is 0 Å². The van der Waals surface area contributed by atoms with Crippen LogP contribution in [-0.4, -0.2) is 31.3 Å². The van der Waals surface area contributed by atoms with Crippen LogP contribution in [0.2, 0.25) is 0 Å². The molecule has 0 fully saturated rings. The molecule has 0 aromatic carbocycles. The summed E-state index contributed by atoms with van der Waals surface area (Å²) in [6, 6.07) is 0. The maximum Gasteiger partial charge on any atom is 0.132 e. The van der Waals surface area contributed by atoms with Crippen LogP contribution in [0.1, 0.15) is 26.7 Å². The molecule has 0 saturated heterocycles. The Bertz CT molecular complexity index is 121. The lowest BCUT2D eigenvalue weighted by Gasteiger charge is -2.14. The summed E-state index contributed by atoms with van der Waals surface area (Å²) in [6.07, 6.45) is 1.97. The number of ketones is 1. The quantitative estimate of drug-likeness (QED) is 0.603. The third kappa shape index (κ3) is 4.96. The maximum atomic E-state index is 11.0. The van der Waals surface area contributed by atoms with E-state index in [9.17, 15) is 4.79 Å². The zero-order chi connectivity index (χ0) is 8.85. The summed E-state index contributed by atoms with van der Waals surface area (Å²) in [5.41, 5.74) is 0. The van der Waals surface area contributed by atoms with Crippen LogP contribution in [0.3, 0.4) is 0 Å². The van der Waals surface area contributed by atoms with Crippen LogP contribution in [0.25, 0.3) is 0 Å². The molecule has 11 heavy (non-hydrogen) atoms. The molecule has 0 saturated carbocycles. The molecule has 0 aliphatic rings. The summed E-state index contributed by atoms with van der Waals surface area (Å²) in [4.78, 5) is 13.1. The van der Waals surface area contributed by atoms with E-state index in [0.717, 1.165) is 19.4 Å². The zero-order valence-corrected chi connectivity index (χ0v) is 8.05. The fourth-order valence-corrected chi connectivity index (χ4v) is 1.11. The number of nitrogens with zero attached hydrogens (tertiary/aromatic N) is 1. The molecule has 0 radical (unpaired) electrons. The average Bonchev–Trinajstić information content (AvgIpc) is 1.87. The van der Waals surface area contributed by atoms with Gasteiger partial charge in [0.25, 0.3) is 0 Å². The van der Waals surface area contributed by atoms with Crippen LogP contribution in [0.15, 0.2) is 0 Å². The molecular weight excluding hydrogens is 138 g/mol. The van der Waals surface area contributed by atoms with Gasteiger partial charge in [0.1, 0.15) is 5.78 Å². The number of Topliss-reactive ketones (excluding diaryl/α,β-unsaturated/α-hetero) is 1. The van der Waals surface area contributed by atoms with Crippen LogP contribution in [0.4, 0.5) is 0 Å². The molecule has 1 atom stereocenters. The minimum absolute atomic E-state index is 0.275. The molecule has 0 heterocycles. The fraction of sp³-hybridized carbons (Fsp3) is 0.889. The molecular formula is C9H19NO. The Morgan fingerprint density at radius 1 is 1.45 bits per heavy atom. The Hall–Kier alpha value is -0.370. The van der Waals surface area contributed by atoms with Crippen molar-refractivity contribution in [2.75, 3.05) is 20.6 Å². The molecule has 66 valence electrons. The molecule has 0 amide bonds. The lowest BCUT2D eigenvalue weighted by atomic mass is 9.98. The van der Waals surface area contributed by atoms with Gasteiger partial charge in [-0.3, -0.25) is 4.79 Å². The summed E-state index contributed by atoms with van der Waals surface area (Å²) < 4.78 is 0. The summed E-state index contributed by atoms with van der Waals surface area (Å²) in [7, 11) is 4.07. The summed E-state index contributed by atoms with van der Waals surface area (Å²) in [5, 5.41) is 0. The molecule has 0 N–H and O–H groups in total. The van der Waals surface area contributed by atoms with Crippen molar-refractivity contribution in [1.82, 2.24) is 4.90 Å². The van der Waals surface area contributed by atoms with Crippen molar-refractivity contribution in [3.05, 3.63) is 0 Å². The smallest absolute Gasteiger partial charge is 0.132 e. The first-order chi connectivity index (χ1) is 5.07. The Balaban J connectivity index is 3.61. The minimum atomic E-state index is 0.275. The second-order valence-electron chi connectivity index (χ2n) is 3.31. The highest BCUT2D eigenvalue weighted by Gasteiger charge is 2.10. The molecule has 2 heteroatoms. The Morgan fingerprint density at radius 2 is 2.00 bits per heavy atom. The van der Waals surface area contributed by atoms with E-state index in [1.807, 2.05) is 14.1 Å². The topological polar surface area (TPSA) is 20.3 Å². The maximum absolute atomic E-state index is 11.0. The van der Waals surface area contributed by atoms with Gasteiger partial charge in [-0.15, -0.1) is 0 Å². The lowest BCUT2D eigenvalue weighted by molar-refractivity contribution is -0.121. The molecule has 0 rings (SSSR count). The predicted molar refractivity (Wildman–Crippen MR) is 47.6 cm³/mol. The van der Waals surface area contributed by atoms with Gasteiger partial charge in [0.2, 0.25) is 0 Å². The number of hydrogen-bond acceptors (Lipinski definition) is 2. The number of hydrogen-bond donors (Lipinski definition) is 0. The van der Waals surface area contributed by atoms with Crippen LogP contribution < -0.4 is 0 Å². The number of carbonyl (C=O) groups excluding carboxylic acids is 1. The van der Waals surface area contributed by atoms with Gasteiger partial charge in [0, 0.05) is 5.92 Å². The Morgan fingerprint density at radius 3 is 2.27 bits per heavy atom. The van der Waals surface area contributed by atoms with Crippen LogP contribution in [-0.2, 0) is 4.79 Å². The molecule has 0 bridgehead atoms. The van der Waals surface area contributed by atoms with E-state index in [-0.39, 0.29) is 5.92 Å². The highest BCUT2D eigenvalue weighted by Crippen LogP contribution is 2.08. The number of carbonyl (C=O) groups is 1. The third-order valence-corrected chi connectivity index (χ3v) is 1.99. The standard InChI is InChI=1S/C9H19NO/c1-5-9(8(2)11)6-7-10(3)4/h9H,5-7H2,1-4H3. The van der Waals surface area contributed by atoms with Crippen molar-refractivity contribution in [2.24, 2.45) is 5.92 Å². The predicted octanol–water partition coefficient (Wildman–Crippen LogP) is 1.55. The van der Waals surface area contributed by atoms with Crippen molar-refractivity contribution < 1.29 is 4.79 Å². The Labute approximate surface area is 69.6 Å². The van der Waals surface area contributed by atoms with Gasteiger partial charge < -0.3 is 4.90 Å².